The second-order valence-electron chi connectivity index (χ2n) is 5.88. The van der Waals surface area contributed by atoms with E-state index in [9.17, 15) is 5.11 Å². The molecule has 2 aliphatic carbocycles. The summed E-state index contributed by atoms with van der Waals surface area (Å²) in [6.07, 6.45) is 8.64. The van der Waals surface area contributed by atoms with Crippen molar-refractivity contribution in [2.75, 3.05) is 6.61 Å². The van der Waals surface area contributed by atoms with Crippen LogP contribution in [0.1, 0.15) is 46.0 Å². The molecule has 0 bridgehead atoms. The first-order valence-corrected chi connectivity index (χ1v) is 6.56. The lowest BCUT2D eigenvalue weighted by atomic mass is 9.58. The molecule has 2 aliphatic rings. The van der Waals surface area contributed by atoms with Crippen LogP contribution in [0.3, 0.4) is 0 Å². The second kappa shape index (κ2) is 4.37. The summed E-state index contributed by atoms with van der Waals surface area (Å²) in [6, 6.07) is 0. The molecule has 0 spiro atoms. The third-order valence-corrected chi connectivity index (χ3v) is 5.02. The molecular formula is C15H24O. The lowest BCUT2D eigenvalue weighted by Crippen LogP contribution is -2.36. The Morgan fingerprint density at radius 1 is 1.56 bits per heavy atom. The molecule has 0 aliphatic heterocycles. The Morgan fingerprint density at radius 2 is 2.31 bits per heavy atom. The molecule has 1 nitrogen and oxygen atoms in total. The maximum absolute atomic E-state index is 9.22. The number of rotatable bonds is 2. The minimum Gasteiger partial charge on any atom is -0.392 e. The number of aliphatic hydroxyl groups is 1. The molecule has 2 rings (SSSR count). The number of hydrogen-bond donors (Lipinski definition) is 1. The molecule has 0 saturated heterocycles. The zero-order valence-electron chi connectivity index (χ0n) is 10.6. The maximum atomic E-state index is 9.22. The van der Waals surface area contributed by atoms with Gasteiger partial charge in [0.2, 0.25) is 0 Å². The molecule has 0 amide bonds. The lowest BCUT2D eigenvalue weighted by molar-refractivity contribution is 0.145. The molecule has 1 saturated carbocycles. The van der Waals surface area contributed by atoms with Gasteiger partial charge in [0.1, 0.15) is 0 Å². The van der Waals surface area contributed by atoms with Crippen LogP contribution in [0.15, 0.2) is 23.8 Å². The molecule has 0 aromatic rings. The first-order valence-electron chi connectivity index (χ1n) is 6.56. The van der Waals surface area contributed by atoms with E-state index in [2.05, 4.69) is 26.5 Å². The summed E-state index contributed by atoms with van der Waals surface area (Å²) in [4.78, 5) is 0. The third kappa shape index (κ3) is 1.86. The summed E-state index contributed by atoms with van der Waals surface area (Å²) < 4.78 is 0. The van der Waals surface area contributed by atoms with E-state index in [1.54, 1.807) is 5.57 Å². The van der Waals surface area contributed by atoms with Crippen LogP contribution in [-0.2, 0) is 0 Å². The molecule has 0 heterocycles. The molecule has 1 heteroatoms. The highest BCUT2D eigenvalue weighted by Crippen LogP contribution is 2.53. The number of aliphatic hydroxyl groups excluding tert-OH is 1. The van der Waals surface area contributed by atoms with E-state index in [0.29, 0.717) is 11.3 Å². The quantitative estimate of drug-likeness (QED) is 0.704. The van der Waals surface area contributed by atoms with E-state index in [-0.39, 0.29) is 6.61 Å². The van der Waals surface area contributed by atoms with Crippen LogP contribution in [0, 0.1) is 17.3 Å². The van der Waals surface area contributed by atoms with Crippen molar-refractivity contribution in [1.82, 2.24) is 0 Å². The number of hydrogen-bond acceptors (Lipinski definition) is 1. The summed E-state index contributed by atoms with van der Waals surface area (Å²) in [6.45, 7) is 8.98. The van der Waals surface area contributed by atoms with E-state index in [0.717, 1.165) is 11.5 Å². The first-order chi connectivity index (χ1) is 7.58. The van der Waals surface area contributed by atoms with Gasteiger partial charge in [-0.05, 0) is 54.9 Å². The van der Waals surface area contributed by atoms with Crippen LogP contribution in [0.25, 0.3) is 0 Å². The van der Waals surface area contributed by atoms with Crippen LogP contribution in [0.5, 0.6) is 0 Å². The van der Waals surface area contributed by atoms with E-state index in [1.165, 1.54) is 32.1 Å². The molecule has 16 heavy (non-hydrogen) atoms. The average molecular weight is 220 g/mol. The predicted molar refractivity (Wildman–Crippen MR) is 68.2 cm³/mol. The van der Waals surface area contributed by atoms with Crippen molar-refractivity contribution in [2.24, 2.45) is 17.3 Å². The Hall–Kier alpha value is -0.560. The van der Waals surface area contributed by atoms with Crippen LogP contribution >= 0.6 is 0 Å². The van der Waals surface area contributed by atoms with E-state index < -0.39 is 0 Å². The van der Waals surface area contributed by atoms with Crippen molar-refractivity contribution in [1.29, 1.82) is 0 Å². The normalized spacial score (nSPS) is 38.8. The predicted octanol–water partition coefficient (Wildman–Crippen LogP) is 3.70. The van der Waals surface area contributed by atoms with Crippen molar-refractivity contribution in [3.05, 3.63) is 23.8 Å². The number of allylic oxidation sites excluding steroid dienone is 2. The monoisotopic (exact) mass is 220 g/mol. The van der Waals surface area contributed by atoms with Gasteiger partial charge < -0.3 is 5.11 Å². The Labute approximate surface area is 99.3 Å². The zero-order valence-corrected chi connectivity index (χ0v) is 10.6. The third-order valence-electron chi connectivity index (χ3n) is 5.02. The fraction of sp³-hybridized carbons (Fsp3) is 0.733. The van der Waals surface area contributed by atoms with Crippen LogP contribution in [0.4, 0.5) is 0 Å². The van der Waals surface area contributed by atoms with Gasteiger partial charge in [-0.15, -0.1) is 0 Å². The van der Waals surface area contributed by atoms with Gasteiger partial charge >= 0.3 is 0 Å². The van der Waals surface area contributed by atoms with Crippen molar-refractivity contribution in [3.63, 3.8) is 0 Å². The molecule has 3 atom stereocenters. The van der Waals surface area contributed by atoms with Gasteiger partial charge in [-0.2, -0.15) is 0 Å². The van der Waals surface area contributed by atoms with Gasteiger partial charge in [0.25, 0.3) is 0 Å². The minimum atomic E-state index is 0.161. The van der Waals surface area contributed by atoms with Crippen molar-refractivity contribution < 1.29 is 5.11 Å². The Balaban J connectivity index is 2.19. The van der Waals surface area contributed by atoms with E-state index in [1.807, 2.05) is 0 Å². The van der Waals surface area contributed by atoms with Gasteiger partial charge in [0, 0.05) is 0 Å². The fourth-order valence-electron chi connectivity index (χ4n) is 3.52. The molecule has 1 N–H and O–H groups in total. The highest BCUT2D eigenvalue weighted by molar-refractivity contribution is 5.23. The molecule has 1 unspecified atom stereocenters. The lowest BCUT2D eigenvalue weighted by Gasteiger charge is -2.47. The van der Waals surface area contributed by atoms with Crippen LogP contribution in [-0.4, -0.2) is 11.7 Å². The molecule has 90 valence electrons. The zero-order chi connectivity index (χ0) is 11.8. The van der Waals surface area contributed by atoms with E-state index >= 15 is 0 Å². The van der Waals surface area contributed by atoms with E-state index in [4.69, 9.17) is 0 Å². The highest BCUT2D eigenvalue weighted by Gasteiger charge is 2.41. The standard InChI is InChI=1S/C15H24O/c1-11(10-16)13-7-8-14-6-4-5-12(2)15(14,3)9-13/h6,12-13,16H,1,4-5,7-10H2,2-3H3/t12-,13?,15+/m1/s1. The Morgan fingerprint density at radius 3 is 3.00 bits per heavy atom. The first kappa shape index (κ1) is 11.9. The SMILES string of the molecule is C=C(CO)C1CCC2=CCC[C@@H](C)[C@]2(C)C1. The Kier molecular flexibility index (Phi) is 3.25. The van der Waals surface area contributed by atoms with Gasteiger partial charge in [0.05, 0.1) is 6.61 Å². The summed E-state index contributed by atoms with van der Waals surface area (Å²) in [7, 11) is 0. The minimum absolute atomic E-state index is 0.161. The number of fused-ring (bicyclic) bond motifs is 1. The van der Waals surface area contributed by atoms with Crippen molar-refractivity contribution in [2.45, 2.75) is 46.0 Å². The van der Waals surface area contributed by atoms with Crippen LogP contribution in [0.2, 0.25) is 0 Å². The molecule has 1 fully saturated rings. The average Bonchev–Trinajstić information content (AvgIpc) is 2.29. The van der Waals surface area contributed by atoms with Crippen molar-refractivity contribution >= 4 is 0 Å². The van der Waals surface area contributed by atoms with Gasteiger partial charge in [-0.3, -0.25) is 0 Å². The summed E-state index contributed by atoms with van der Waals surface area (Å²) in [5, 5.41) is 9.22. The molecule has 0 aromatic heterocycles. The largest absolute Gasteiger partial charge is 0.392 e. The van der Waals surface area contributed by atoms with Gasteiger partial charge in [-0.25, -0.2) is 0 Å². The molecular weight excluding hydrogens is 196 g/mol. The smallest absolute Gasteiger partial charge is 0.0641 e. The summed E-state index contributed by atoms with van der Waals surface area (Å²) in [5.41, 5.74) is 3.09. The second-order valence-corrected chi connectivity index (χ2v) is 5.88. The molecule has 0 aromatic carbocycles. The van der Waals surface area contributed by atoms with Crippen LogP contribution < -0.4 is 0 Å². The van der Waals surface area contributed by atoms with Crippen molar-refractivity contribution in [3.8, 4) is 0 Å². The van der Waals surface area contributed by atoms with Gasteiger partial charge in [-0.1, -0.05) is 32.1 Å². The van der Waals surface area contributed by atoms with Gasteiger partial charge in [0.15, 0.2) is 0 Å². The summed E-state index contributed by atoms with van der Waals surface area (Å²) in [5.74, 6) is 1.31. The topological polar surface area (TPSA) is 20.2 Å². The fourth-order valence-corrected chi connectivity index (χ4v) is 3.52. The highest BCUT2D eigenvalue weighted by atomic mass is 16.3. The summed E-state index contributed by atoms with van der Waals surface area (Å²) >= 11 is 0. The molecule has 0 radical (unpaired) electrons. The Bertz CT molecular complexity index is 315. The maximum Gasteiger partial charge on any atom is 0.0641 e.